The van der Waals surface area contributed by atoms with Crippen molar-refractivity contribution in [2.45, 2.75) is 87.4 Å². The van der Waals surface area contributed by atoms with E-state index in [1.807, 2.05) is 0 Å². The fourth-order valence-electron chi connectivity index (χ4n) is 11.2. The smallest absolute Gasteiger partial charge is 0.422 e. The van der Waals surface area contributed by atoms with Crippen molar-refractivity contribution in [2.24, 2.45) is 0 Å². The van der Waals surface area contributed by atoms with E-state index in [-0.39, 0.29) is 72.7 Å². The lowest BCUT2D eigenvalue weighted by atomic mass is 10.1. The Morgan fingerprint density at radius 1 is 0.418 bits per heavy atom. The summed E-state index contributed by atoms with van der Waals surface area (Å²) in [6.07, 6.45) is 0.653. The number of benzene rings is 5. The molecule has 0 spiro atoms. The van der Waals surface area contributed by atoms with Gasteiger partial charge in [0.1, 0.15) is 0 Å². The number of aliphatic carboxylic acids is 1. The van der Waals surface area contributed by atoms with Crippen molar-refractivity contribution in [3.63, 3.8) is 0 Å². The first kappa shape index (κ1) is 89.6. The topological polar surface area (TPSA) is 436 Å². The van der Waals surface area contributed by atoms with Crippen LogP contribution in [0.2, 0.25) is 0 Å². The molecule has 0 aromatic heterocycles. The van der Waals surface area contributed by atoms with Crippen LogP contribution >= 0.6 is 10.7 Å². The van der Waals surface area contributed by atoms with E-state index in [1.54, 1.807) is 24.3 Å². The summed E-state index contributed by atoms with van der Waals surface area (Å²) in [7, 11) is -7.76. The molecule has 110 heavy (non-hydrogen) atoms. The van der Waals surface area contributed by atoms with Gasteiger partial charge in [-0.3, -0.25) is 9.59 Å². The molecule has 2 unspecified atom stereocenters. The zero-order chi connectivity index (χ0) is 80.1. The van der Waals surface area contributed by atoms with Crippen molar-refractivity contribution in [3.8, 4) is 0 Å². The number of carbonyl (C=O) groups excluding carboxylic acids is 4. The van der Waals surface area contributed by atoms with E-state index >= 15 is 0 Å². The predicted molar refractivity (Wildman–Crippen MR) is 390 cm³/mol. The minimum atomic E-state index is -3.70. The van der Waals surface area contributed by atoms with Crippen LogP contribution in [0.1, 0.15) is 65.7 Å². The maximum Gasteiger partial charge on any atom is 0.422 e. The number of nitrogens with zero attached hydrogens (tertiary/aromatic N) is 6. The van der Waals surface area contributed by atoms with E-state index in [0.29, 0.717) is 174 Å². The number of hydrogen-bond acceptors (Lipinski definition) is 27. The van der Waals surface area contributed by atoms with Crippen molar-refractivity contribution in [1.29, 1.82) is 0 Å². The van der Waals surface area contributed by atoms with Gasteiger partial charge in [0.05, 0.1) is 136 Å². The normalized spacial score (nSPS) is 17.9. The van der Waals surface area contributed by atoms with Gasteiger partial charge in [0.15, 0.2) is 12.2 Å². The third-order valence-corrected chi connectivity index (χ3v) is 26.3. The average Bonchev–Trinajstić information content (AvgIpc) is 0.808. The van der Waals surface area contributed by atoms with Crippen LogP contribution in [0.5, 0.6) is 0 Å². The fourth-order valence-corrected chi connectivity index (χ4v) is 17.6. The summed E-state index contributed by atoms with van der Waals surface area (Å²) >= 11 is 0. The van der Waals surface area contributed by atoms with Crippen LogP contribution in [0.3, 0.4) is 0 Å². The minimum absolute atomic E-state index is 0.0118. The van der Waals surface area contributed by atoms with Gasteiger partial charge < -0.3 is 67.5 Å². The average molecular weight is 1660 g/mol. The Morgan fingerprint density at radius 3 is 0.982 bits per heavy atom. The molecule has 0 saturated carbocycles. The maximum absolute atomic E-state index is 12.7. The van der Waals surface area contributed by atoms with Crippen molar-refractivity contribution in [3.05, 3.63) is 155 Å². The van der Waals surface area contributed by atoms with E-state index in [1.165, 1.54) is 136 Å². The minimum Gasteiger partial charge on any atom is -0.479 e. The summed E-state index contributed by atoms with van der Waals surface area (Å²) < 4.78 is 189. The van der Waals surface area contributed by atoms with Crippen molar-refractivity contribution < 1.29 is 133 Å². The van der Waals surface area contributed by atoms with Gasteiger partial charge in [0, 0.05) is 89.5 Å². The van der Waals surface area contributed by atoms with E-state index in [9.17, 15) is 71.2 Å². The Bertz CT molecular complexity index is 4470. The molecule has 0 radical (unpaired) electrons. The molecule has 5 aromatic carbocycles. The van der Waals surface area contributed by atoms with Gasteiger partial charge in [-0.25, -0.2) is 56.5 Å². The monoisotopic (exact) mass is 1660 g/mol. The molecule has 604 valence electrons. The van der Waals surface area contributed by atoms with Crippen LogP contribution in [0.15, 0.2) is 146 Å². The second-order valence-electron chi connectivity index (χ2n) is 24.4. The standard InChI is InChI=1S/C18H25NO7S.C17H23NO7S.C13H15N3O5S.C13H17NO5S.C9H9ClO4S/c1-23-18(20)17(26-15-6-10-24-11-7-15)14-2-4-16(5-3-14)27(21,22)19-8-12-25-13-9-19;19-17(20)16(25-14-5-9-23-10-6-14)13-1-3-15(4-2-13)26(21,22)18-7-11-24-12-8-18;1-20-13(17)12(15-14)10-2-4-11(5-3-10)22(18,19)16-6-8-21-9-7-16;1-18-13(15)10-11-2-4-12(5-3-11)20(16,17)14-6-8-19-9-7-14;1-14-9(11)6-7-2-4-8(5-3-7)15(10,12)13/h2-5,15,17H,6-13H2,1H3;1-4,14,16H,5-12H2,(H,19,20);2-5H,6-9H2,1H3;2-5H,6-10H2,1H3;2-5H,6H2,1H3. The molecule has 40 heteroatoms. The molecule has 2 atom stereocenters. The first-order valence-electron chi connectivity index (χ1n) is 34.4. The van der Waals surface area contributed by atoms with Crippen molar-refractivity contribution in [1.82, 2.24) is 17.2 Å². The predicted octanol–water partition coefficient (Wildman–Crippen LogP) is 3.80. The summed E-state index contributed by atoms with van der Waals surface area (Å²) in [4.78, 5) is 60.8. The van der Waals surface area contributed by atoms with E-state index in [4.69, 9.17) is 58.8 Å². The zero-order valence-corrected chi connectivity index (χ0v) is 65.7. The van der Waals surface area contributed by atoms with Crippen molar-refractivity contribution in [2.75, 3.05) is 160 Å². The number of methoxy groups -OCH3 is 4. The molecule has 11 rings (SSSR count). The fraction of sp³-hybridized carbons (Fsp3) is 0.486. The summed E-state index contributed by atoms with van der Waals surface area (Å²) in [5, 5.41) is 9.49. The van der Waals surface area contributed by atoms with Crippen molar-refractivity contribution >= 4 is 95.4 Å². The molecule has 6 saturated heterocycles. The lowest BCUT2D eigenvalue weighted by molar-refractivity contribution is -0.162. The van der Waals surface area contributed by atoms with Crippen LogP contribution in [0.4, 0.5) is 0 Å². The summed E-state index contributed by atoms with van der Waals surface area (Å²) in [5.74, 6) is -3.15. The number of carbonyl (C=O) groups is 5. The molecule has 6 aliphatic rings. The van der Waals surface area contributed by atoms with Gasteiger partial charge >= 0.3 is 35.6 Å². The van der Waals surface area contributed by atoms with Gasteiger partial charge in [-0.15, -0.1) is 0 Å². The van der Waals surface area contributed by atoms with Crippen LogP contribution in [-0.4, -0.2) is 277 Å². The Morgan fingerprint density at radius 2 is 0.700 bits per heavy atom. The van der Waals surface area contributed by atoms with E-state index in [2.05, 4.69) is 19.0 Å². The highest BCUT2D eigenvalue weighted by Crippen LogP contribution is 2.30. The molecule has 1 N–H and O–H groups in total. The molecule has 0 bridgehead atoms. The molecular weight excluding hydrogens is 1570 g/mol. The zero-order valence-electron chi connectivity index (χ0n) is 60.8. The number of sulfonamides is 4. The first-order valence-corrected chi connectivity index (χ1v) is 42.5. The molecule has 0 amide bonds. The third-order valence-electron chi connectivity index (χ3n) is 17.3. The number of rotatable bonds is 23. The first-order chi connectivity index (χ1) is 52.5. The Hall–Kier alpha value is -7.61. The van der Waals surface area contributed by atoms with Crippen LogP contribution in [-0.2, 0) is 143 Å². The number of carboxylic acids is 1. The number of morpholine rings is 4. The quantitative estimate of drug-likeness (QED) is 0.0243. The van der Waals surface area contributed by atoms with Crippen LogP contribution in [0, 0.1) is 0 Å². The molecule has 5 aromatic rings. The molecular formula is C70H89ClN6O28S5. The van der Waals surface area contributed by atoms with Gasteiger partial charge in [-0.1, -0.05) is 48.5 Å². The molecule has 6 fully saturated rings. The maximum atomic E-state index is 12.7. The molecule has 6 heterocycles. The molecule has 0 aliphatic carbocycles. The van der Waals surface area contributed by atoms with E-state index in [0.717, 1.165) is 12.7 Å². The van der Waals surface area contributed by atoms with Crippen LogP contribution < -0.4 is 0 Å². The largest absolute Gasteiger partial charge is 0.479 e. The number of halogens is 1. The Kier molecular flexibility index (Phi) is 35.4. The Labute approximate surface area is 643 Å². The SMILES string of the molecule is COC(=O)C(=[N+]=[N-])c1ccc(S(=O)(=O)N2CCOCC2)cc1.COC(=O)C(OC1CCOCC1)c1ccc(S(=O)(=O)N2CCOCC2)cc1.COC(=O)Cc1ccc(S(=O)(=O)Cl)cc1.COC(=O)Cc1ccc(S(=O)(=O)N2CCOCC2)cc1.O=C(O)C(OC1CCOCC1)c1ccc(S(=O)(=O)N2CCOCC2)cc1. The lowest BCUT2D eigenvalue weighted by Gasteiger charge is -2.27. The van der Waals surface area contributed by atoms with Crippen LogP contribution in [0.25, 0.3) is 5.53 Å². The third kappa shape index (κ3) is 26.2. The number of carboxylic acid groups (broad SMARTS) is 1. The highest BCUT2D eigenvalue weighted by atomic mass is 35.7. The second kappa shape index (κ2) is 43.4. The van der Waals surface area contributed by atoms with Gasteiger partial charge in [-0.05, 0) is 121 Å². The molecule has 6 aliphatic heterocycles. The highest BCUT2D eigenvalue weighted by molar-refractivity contribution is 8.13. The van der Waals surface area contributed by atoms with Gasteiger partial charge in [-0.2, -0.15) is 22.0 Å². The molecule has 34 nitrogen and oxygen atoms in total. The number of hydrogen-bond donors (Lipinski definition) is 1. The lowest BCUT2D eigenvalue weighted by Crippen LogP contribution is -2.40. The van der Waals surface area contributed by atoms with E-state index < -0.39 is 79.3 Å². The summed E-state index contributed by atoms with van der Waals surface area (Å²) in [5.41, 5.74) is 11.2. The summed E-state index contributed by atoms with van der Waals surface area (Å²) in [6.45, 7) is 8.00. The van der Waals surface area contributed by atoms with Gasteiger partial charge in [0.2, 0.25) is 40.1 Å². The second-order valence-corrected chi connectivity index (χ2v) is 34.7. The number of ether oxygens (including phenoxy) is 12. The number of esters is 4. The Balaban J connectivity index is 0.000000194. The highest BCUT2D eigenvalue weighted by Gasteiger charge is 2.34. The summed E-state index contributed by atoms with van der Waals surface area (Å²) in [6, 6.07) is 29.6. The van der Waals surface area contributed by atoms with Gasteiger partial charge in [0.25, 0.3) is 9.05 Å².